The molecule has 0 unspecified atom stereocenters. The number of nitrogens with zero attached hydrogens (tertiary/aromatic N) is 4. The fourth-order valence-electron chi connectivity index (χ4n) is 3.95. The molecule has 1 amide bonds. The second-order valence-electron chi connectivity index (χ2n) is 9.67. The third-order valence-corrected chi connectivity index (χ3v) is 6.23. The van der Waals surface area contributed by atoms with Crippen molar-refractivity contribution >= 4 is 50.1 Å². The van der Waals surface area contributed by atoms with E-state index in [1.165, 1.54) is 12.4 Å². The Kier molecular flexibility index (Phi) is 7.58. The number of anilines is 2. The number of benzene rings is 2. The molecule has 1 aliphatic rings. The van der Waals surface area contributed by atoms with Crippen molar-refractivity contribution in [1.82, 2.24) is 14.9 Å². The van der Waals surface area contributed by atoms with Gasteiger partial charge in [0.1, 0.15) is 17.7 Å². The summed E-state index contributed by atoms with van der Waals surface area (Å²) in [5.41, 5.74) is 0.622. The molecule has 1 fully saturated rings. The second-order valence-corrected chi connectivity index (χ2v) is 10.6. The van der Waals surface area contributed by atoms with Crippen LogP contribution in [0.2, 0.25) is 0 Å². The van der Waals surface area contributed by atoms with Crippen LogP contribution in [0.5, 0.6) is 5.75 Å². The molecule has 36 heavy (non-hydrogen) atoms. The first kappa shape index (κ1) is 25.6. The van der Waals surface area contributed by atoms with Crippen molar-refractivity contribution in [2.75, 3.05) is 25.0 Å². The quantitative estimate of drug-likeness (QED) is 0.286. The molecule has 1 aliphatic heterocycles. The van der Waals surface area contributed by atoms with Gasteiger partial charge in [0.15, 0.2) is 5.75 Å². The zero-order valence-corrected chi connectivity index (χ0v) is 21.9. The molecular weight excluding hydrogens is 530 g/mol. The number of amides is 1. The van der Waals surface area contributed by atoms with Crippen molar-refractivity contribution in [1.29, 1.82) is 0 Å². The van der Waals surface area contributed by atoms with Crippen LogP contribution >= 0.6 is 15.9 Å². The molecule has 0 bridgehead atoms. The van der Waals surface area contributed by atoms with Crippen LogP contribution in [-0.4, -0.2) is 51.2 Å². The van der Waals surface area contributed by atoms with Crippen LogP contribution in [0.4, 0.5) is 22.0 Å². The smallest absolute Gasteiger partial charge is 0.410 e. The fraction of sp³-hybridized carbons (Fsp3) is 0.400. The van der Waals surface area contributed by atoms with E-state index in [1.54, 1.807) is 11.0 Å². The highest BCUT2D eigenvalue weighted by Gasteiger charge is 2.28. The molecule has 1 N–H and O–H groups in total. The molecule has 0 aliphatic carbocycles. The van der Waals surface area contributed by atoms with E-state index < -0.39 is 10.5 Å². The average molecular weight is 558 g/mol. The van der Waals surface area contributed by atoms with Crippen molar-refractivity contribution < 1.29 is 19.2 Å². The summed E-state index contributed by atoms with van der Waals surface area (Å²) in [6, 6.07) is 10.6. The third kappa shape index (κ3) is 6.39. The van der Waals surface area contributed by atoms with Crippen LogP contribution in [0.25, 0.3) is 10.9 Å². The minimum atomic E-state index is -0.539. The van der Waals surface area contributed by atoms with E-state index in [2.05, 4.69) is 31.2 Å². The molecule has 11 heteroatoms. The zero-order valence-electron chi connectivity index (χ0n) is 20.4. The normalized spacial score (nSPS) is 14.5. The van der Waals surface area contributed by atoms with Crippen LogP contribution in [0.3, 0.4) is 0 Å². The minimum Gasteiger partial charge on any atom is -0.486 e. The van der Waals surface area contributed by atoms with Crippen LogP contribution in [0, 0.1) is 16.0 Å². The number of carbonyl (C=O) groups is 1. The van der Waals surface area contributed by atoms with Crippen LogP contribution < -0.4 is 10.1 Å². The number of hydrogen-bond donors (Lipinski definition) is 1. The Morgan fingerprint density at radius 2 is 1.97 bits per heavy atom. The van der Waals surface area contributed by atoms with Crippen molar-refractivity contribution in [3.05, 3.63) is 57.3 Å². The standard InChI is InChI=1S/C25H28BrN5O5/c1-25(2,3)36-24(32)30-9-7-16(8-10-30)14-35-22-13-20-19(12-21(22)31(33)34)23(28-15-27-20)29-18-6-4-5-17(26)11-18/h4-6,11-13,15-16H,7-10,14H2,1-3H3,(H,27,28,29). The number of hydrogen-bond acceptors (Lipinski definition) is 8. The Labute approximate surface area is 217 Å². The third-order valence-electron chi connectivity index (χ3n) is 5.74. The molecular formula is C25H28BrN5O5. The van der Waals surface area contributed by atoms with Crippen molar-refractivity contribution in [3.8, 4) is 5.75 Å². The molecule has 0 saturated carbocycles. The second kappa shape index (κ2) is 10.7. The largest absolute Gasteiger partial charge is 0.486 e. The SMILES string of the molecule is CC(C)(C)OC(=O)N1CCC(COc2cc3ncnc(Nc4cccc(Br)c4)c3cc2[N+](=O)[O-])CC1. The average Bonchev–Trinajstić information content (AvgIpc) is 2.81. The number of carbonyl (C=O) groups excluding carboxylic acids is 1. The van der Waals surface area contributed by atoms with Crippen LogP contribution in [0.15, 0.2) is 47.2 Å². The molecule has 0 radical (unpaired) electrons. The number of ether oxygens (including phenoxy) is 2. The number of piperidine rings is 1. The molecule has 0 atom stereocenters. The lowest BCUT2D eigenvalue weighted by Crippen LogP contribution is -2.42. The molecule has 1 aromatic heterocycles. The van der Waals surface area contributed by atoms with E-state index >= 15 is 0 Å². The highest BCUT2D eigenvalue weighted by atomic mass is 79.9. The maximum Gasteiger partial charge on any atom is 0.410 e. The van der Waals surface area contributed by atoms with Gasteiger partial charge < -0.3 is 19.7 Å². The summed E-state index contributed by atoms with van der Waals surface area (Å²) in [6.45, 7) is 6.94. The maximum atomic E-state index is 12.3. The molecule has 190 valence electrons. The predicted octanol–water partition coefficient (Wildman–Crippen LogP) is 6.07. The van der Waals surface area contributed by atoms with E-state index in [4.69, 9.17) is 9.47 Å². The van der Waals surface area contributed by atoms with Crippen molar-refractivity contribution in [2.45, 2.75) is 39.2 Å². The highest BCUT2D eigenvalue weighted by Crippen LogP contribution is 2.35. The van der Waals surface area contributed by atoms with Gasteiger partial charge in [0.25, 0.3) is 0 Å². The number of aromatic nitrogens is 2. The van der Waals surface area contributed by atoms with E-state index in [0.717, 1.165) is 23.0 Å². The van der Waals surface area contributed by atoms with Crippen molar-refractivity contribution in [3.63, 3.8) is 0 Å². The first-order valence-corrected chi connectivity index (χ1v) is 12.4. The Balaban J connectivity index is 1.46. The summed E-state index contributed by atoms with van der Waals surface area (Å²) in [6.07, 6.45) is 2.54. The van der Waals surface area contributed by atoms with Gasteiger partial charge in [-0.05, 0) is 57.7 Å². The summed E-state index contributed by atoms with van der Waals surface area (Å²) < 4.78 is 12.3. The van der Waals surface area contributed by atoms with Gasteiger partial charge in [0.2, 0.25) is 0 Å². The Morgan fingerprint density at radius 3 is 2.64 bits per heavy atom. The summed E-state index contributed by atoms with van der Waals surface area (Å²) in [7, 11) is 0. The van der Waals surface area contributed by atoms with Crippen LogP contribution in [0.1, 0.15) is 33.6 Å². The van der Waals surface area contributed by atoms with Gasteiger partial charge in [-0.1, -0.05) is 22.0 Å². The molecule has 10 nitrogen and oxygen atoms in total. The van der Waals surface area contributed by atoms with E-state index in [-0.39, 0.29) is 23.4 Å². The van der Waals surface area contributed by atoms with Gasteiger partial charge in [0.05, 0.1) is 22.4 Å². The first-order chi connectivity index (χ1) is 17.1. The number of halogens is 1. The number of nitro groups is 1. The molecule has 0 spiro atoms. The lowest BCUT2D eigenvalue weighted by atomic mass is 9.98. The number of nitrogens with one attached hydrogen (secondary N) is 1. The Morgan fingerprint density at radius 1 is 1.22 bits per heavy atom. The van der Waals surface area contributed by atoms with E-state index in [9.17, 15) is 14.9 Å². The lowest BCUT2D eigenvalue weighted by Gasteiger charge is -2.33. The first-order valence-electron chi connectivity index (χ1n) is 11.7. The Hall–Kier alpha value is -3.47. The molecule has 2 heterocycles. The summed E-state index contributed by atoms with van der Waals surface area (Å²) in [4.78, 5) is 33.9. The van der Waals surface area contributed by atoms with Crippen LogP contribution in [-0.2, 0) is 4.74 Å². The predicted molar refractivity (Wildman–Crippen MR) is 140 cm³/mol. The number of fused-ring (bicyclic) bond motifs is 1. The van der Waals surface area contributed by atoms with Crippen molar-refractivity contribution in [2.24, 2.45) is 5.92 Å². The van der Waals surface area contributed by atoms with E-state index in [1.807, 2.05) is 45.0 Å². The number of rotatable bonds is 6. The monoisotopic (exact) mass is 557 g/mol. The molecule has 3 aromatic rings. The fourth-order valence-corrected chi connectivity index (χ4v) is 4.35. The molecule has 2 aromatic carbocycles. The molecule has 4 rings (SSSR count). The van der Waals surface area contributed by atoms with Gasteiger partial charge in [0, 0.05) is 35.4 Å². The Bertz CT molecular complexity index is 1270. The topological polar surface area (TPSA) is 120 Å². The minimum absolute atomic E-state index is 0.152. The summed E-state index contributed by atoms with van der Waals surface area (Å²) >= 11 is 3.43. The zero-order chi connectivity index (χ0) is 25.9. The number of nitro benzene ring substituents is 1. The van der Waals surface area contributed by atoms with Gasteiger partial charge >= 0.3 is 11.8 Å². The maximum absolute atomic E-state index is 12.3. The highest BCUT2D eigenvalue weighted by molar-refractivity contribution is 9.10. The van der Waals surface area contributed by atoms with Gasteiger partial charge in [-0.3, -0.25) is 10.1 Å². The van der Waals surface area contributed by atoms with Gasteiger partial charge in [-0.15, -0.1) is 0 Å². The summed E-state index contributed by atoms with van der Waals surface area (Å²) in [5, 5.41) is 15.6. The lowest BCUT2D eigenvalue weighted by molar-refractivity contribution is -0.385. The van der Waals surface area contributed by atoms with Gasteiger partial charge in [-0.2, -0.15) is 0 Å². The summed E-state index contributed by atoms with van der Waals surface area (Å²) in [5.74, 6) is 0.787. The van der Waals surface area contributed by atoms with Gasteiger partial charge in [-0.25, -0.2) is 14.8 Å². The van der Waals surface area contributed by atoms with E-state index in [0.29, 0.717) is 36.4 Å². The molecule has 1 saturated heterocycles. The number of likely N-dealkylation sites (tertiary alicyclic amines) is 1.